The Balaban J connectivity index is 1.28. The third-order valence-corrected chi connectivity index (χ3v) is 6.14. The topological polar surface area (TPSA) is 70.7 Å². The van der Waals surface area contributed by atoms with Crippen LogP contribution in [0.3, 0.4) is 0 Å². The maximum Gasteiger partial charge on any atom is 0.251 e. The predicted molar refractivity (Wildman–Crippen MR) is 130 cm³/mol. The molecule has 7 heteroatoms. The van der Waals surface area contributed by atoms with Gasteiger partial charge in [0.1, 0.15) is 0 Å². The van der Waals surface area contributed by atoms with Gasteiger partial charge in [0, 0.05) is 43.2 Å². The molecule has 6 nitrogen and oxygen atoms in total. The zero-order valence-corrected chi connectivity index (χ0v) is 19.2. The molecule has 0 aromatic heterocycles. The van der Waals surface area contributed by atoms with E-state index in [-0.39, 0.29) is 30.8 Å². The molecule has 0 bridgehead atoms. The van der Waals surface area contributed by atoms with Gasteiger partial charge in [0.25, 0.3) is 5.91 Å². The summed E-state index contributed by atoms with van der Waals surface area (Å²) in [4.78, 5) is 27.3. The number of morpholine rings is 1. The van der Waals surface area contributed by atoms with Gasteiger partial charge in [-0.1, -0.05) is 54.1 Å². The predicted octanol–water partition coefficient (Wildman–Crippen LogP) is 3.80. The Morgan fingerprint density at radius 2 is 1.67 bits per heavy atom. The first-order valence-electron chi connectivity index (χ1n) is 11.2. The molecule has 3 aromatic carbocycles. The van der Waals surface area contributed by atoms with E-state index in [0.29, 0.717) is 30.3 Å². The summed E-state index contributed by atoms with van der Waals surface area (Å²) < 4.78 is 5.48. The van der Waals surface area contributed by atoms with Crippen LogP contribution >= 0.6 is 11.6 Å². The van der Waals surface area contributed by atoms with Crippen molar-refractivity contribution in [3.8, 4) is 0 Å². The summed E-state index contributed by atoms with van der Waals surface area (Å²) in [5, 5.41) is 8.65. The average molecular weight is 466 g/mol. The van der Waals surface area contributed by atoms with E-state index in [1.807, 2.05) is 60.7 Å². The maximum atomic E-state index is 12.5. The fourth-order valence-electron chi connectivity index (χ4n) is 4.05. The van der Waals surface area contributed by atoms with Gasteiger partial charge in [-0.15, -0.1) is 0 Å². The summed E-state index contributed by atoms with van der Waals surface area (Å²) in [6.07, 6.45) is 0.218. The molecule has 0 radical (unpaired) electrons. The molecule has 1 aliphatic heterocycles. The fraction of sp³-hybridized carbons (Fsp3) is 0.308. The Bertz CT molecular complexity index is 1100. The van der Waals surface area contributed by atoms with E-state index in [9.17, 15) is 9.59 Å². The Hall–Kier alpha value is -2.93. The van der Waals surface area contributed by atoms with Gasteiger partial charge in [-0.05, 0) is 40.6 Å². The molecule has 1 aliphatic rings. The highest BCUT2D eigenvalue weighted by Crippen LogP contribution is 2.23. The van der Waals surface area contributed by atoms with E-state index in [1.54, 1.807) is 6.07 Å². The fourth-order valence-corrected chi connectivity index (χ4v) is 4.18. The highest BCUT2D eigenvalue weighted by Gasteiger charge is 2.23. The maximum absolute atomic E-state index is 12.5. The van der Waals surface area contributed by atoms with Crippen LogP contribution in [0.5, 0.6) is 0 Å². The van der Waals surface area contributed by atoms with Gasteiger partial charge in [0.05, 0.1) is 19.3 Å². The van der Waals surface area contributed by atoms with Gasteiger partial charge in [-0.3, -0.25) is 14.5 Å². The van der Waals surface area contributed by atoms with Crippen LogP contribution in [0.1, 0.15) is 28.4 Å². The SMILES string of the molecule is O=C(CCNC(=O)c1ccc2ccccc2c1)NCC(c1ccc(Cl)cc1)N1CCOCC1. The van der Waals surface area contributed by atoms with Crippen molar-refractivity contribution >= 4 is 34.2 Å². The van der Waals surface area contributed by atoms with Gasteiger partial charge < -0.3 is 15.4 Å². The van der Waals surface area contributed by atoms with E-state index in [4.69, 9.17) is 16.3 Å². The van der Waals surface area contributed by atoms with Gasteiger partial charge >= 0.3 is 0 Å². The standard InChI is InChI=1S/C26H28ClN3O3/c27-23-9-7-20(8-10-23)24(30-13-15-33-16-14-30)18-29-25(31)11-12-28-26(32)22-6-5-19-3-1-2-4-21(19)17-22/h1-10,17,24H,11-16,18H2,(H,28,32)(H,29,31). The zero-order valence-electron chi connectivity index (χ0n) is 18.4. The number of rotatable bonds is 8. The lowest BCUT2D eigenvalue weighted by atomic mass is 10.0. The van der Waals surface area contributed by atoms with Crippen molar-refractivity contribution in [1.29, 1.82) is 0 Å². The molecule has 1 saturated heterocycles. The highest BCUT2D eigenvalue weighted by atomic mass is 35.5. The average Bonchev–Trinajstić information content (AvgIpc) is 2.85. The number of fused-ring (bicyclic) bond motifs is 1. The first kappa shape index (κ1) is 23.2. The first-order valence-corrected chi connectivity index (χ1v) is 11.6. The minimum absolute atomic E-state index is 0.0438. The van der Waals surface area contributed by atoms with Crippen LogP contribution in [0.15, 0.2) is 66.7 Å². The molecular formula is C26H28ClN3O3. The lowest BCUT2D eigenvalue weighted by Gasteiger charge is -2.35. The van der Waals surface area contributed by atoms with Crippen molar-refractivity contribution < 1.29 is 14.3 Å². The van der Waals surface area contributed by atoms with Crippen LogP contribution in [0.25, 0.3) is 10.8 Å². The van der Waals surface area contributed by atoms with Crippen LogP contribution in [0.2, 0.25) is 5.02 Å². The Kier molecular flexibility index (Phi) is 7.94. The highest BCUT2D eigenvalue weighted by molar-refractivity contribution is 6.30. The van der Waals surface area contributed by atoms with Crippen molar-refractivity contribution in [2.45, 2.75) is 12.5 Å². The van der Waals surface area contributed by atoms with Crippen LogP contribution in [0.4, 0.5) is 0 Å². The number of amides is 2. The molecule has 4 rings (SSSR count). The second-order valence-electron chi connectivity index (χ2n) is 8.09. The zero-order chi connectivity index (χ0) is 23.0. The van der Waals surface area contributed by atoms with Gasteiger partial charge in [-0.25, -0.2) is 0 Å². The number of hydrogen-bond acceptors (Lipinski definition) is 4. The van der Waals surface area contributed by atoms with E-state index >= 15 is 0 Å². The molecule has 0 aliphatic carbocycles. The van der Waals surface area contributed by atoms with Crippen LogP contribution in [-0.4, -0.2) is 56.1 Å². The summed E-state index contributed by atoms with van der Waals surface area (Å²) in [5.41, 5.74) is 1.69. The first-order chi connectivity index (χ1) is 16.1. The molecule has 33 heavy (non-hydrogen) atoms. The van der Waals surface area contributed by atoms with Crippen LogP contribution < -0.4 is 10.6 Å². The van der Waals surface area contributed by atoms with Crippen LogP contribution in [-0.2, 0) is 9.53 Å². The largest absolute Gasteiger partial charge is 0.379 e. The van der Waals surface area contributed by atoms with Crippen molar-refractivity contribution in [2.24, 2.45) is 0 Å². The third-order valence-electron chi connectivity index (χ3n) is 5.88. The Morgan fingerprint density at radius 1 is 0.939 bits per heavy atom. The summed E-state index contributed by atoms with van der Waals surface area (Å²) >= 11 is 6.05. The third kappa shape index (κ3) is 6.32. The number of hydrogen-bond donors (Lipinski definition) is 2. The second-order valence-corrected chi connectivity index (χ2v) is 8.52. The van der Waals surface area contributed by atoms with Crippen molar-refractivity contribution in [1.82, 2.24) is 15.5 Å². The molecule has 3 aromatic rings. The normalized spacial score (nSPS) is 15.2. The molecule has 1 atom stereocenters. The minimum atomic E-state index is -0.180. The second kappa shape index (κ2) is 11.3. The lowest BCUT2D eigenvalue weighted by Crippen LogP contribution is -2.44. The molecule has 1 unspecified atom stereocenters. The summed E-state index contributed by atoms with van der Waals surface area (Å²) in [7, 11) is 0. The van der Waals surface area contributed by atoms with Gasteiger partial charge in [-0.2, -0.15) is 0 Å². The molecule has 2 N–H and O–H groups in total. The molecule has 1 heterocycles. The molecule has 2 amide bonds. The number of benzene rings is 3. The van der Waals surface area contributed by atoms with Crippen molar-refractivity contribution in [3.05, 3.63) is 82.9 Å². The molecule has 0 spiro atoms. The lowest BCUT2D eigenvalue weighted by molar-refractivity contribution is -0.121. The van der Waals surface area contributed by atoms with Crippen molar-refractivity contribution in [3.63, 3.8) is 0 Å². The number of carbonyl (C=O) groups is 2. The molecule has 1 fully saturated rings. The summed E-state index contributed by atoms with van der Waals surface area (Å²) in [5.74, 6) is -0.276. The molecular weight excluding hydrogens is 438 g/mol. The number of nitrogens with zero attached hydrogens (tertiary/aromatic N) is 1. The Morgan fingerprint density at radius 3 is 2.42 bits per heavy atom. The summed E-state index contributed by atoms with van der Waals surface area (Å²) in [6.45, 7) is 3.74. The molecule has 0 saturated carbocycles. The molecule has 172 valence electrons. The van der Waals surface area contributed by atoms with E-state index in [1.165, 1.54) is 0 Å². The van der Waals surface area contributed by atoms with E-state index in [0.717, 1.165) is 29.4 Å². The van der Waals surface area contributed by atoms with E-state index in [2.05, 4.69) is 15.5 Å². The minimum Gasteiger partial charge on any atom is -0.379 e. The number of nitrogens with one attached hydrogen (secondary N) is 2. The Labute approximate surface area is 198 Å². The van der Waals surface area contributed by atoms with Gasteiger partial charge in [0.2, 0.25) is 5.91 Å². The van der Waals surface area contributed by atoms with Gasteiger partial charge in [0.15, 0.2) is 0 Å². The quantitative estimate of drug-likeness (QED) is 0.531. The number of halogens is 1. The van der Waals surface area contributed by atoms with Crippen LogP contribution in [0, 0.1) is 0 Å². The number of ether oxygens (including phenoxy) is 1. The summed E-state index contributed by atoms with van der Waals surface area (Å²) in [6, 6.07) is 21.3. The smallest absolute Gasteiger partial charge is 0.251 e. The van der Waals surface area contributed by atoms with Crippen molar-refractivity contribution in [2.75, 3.05) is 39.4 Å². The van der Waals surface area contributed by atoms with E-state index < -0.39 is 0 Å². The monoisotopic (exact) mass is 465 g/mol. The number of carbonyl (C=O) groups excluding carboxylic acids is 2.